The van der Waals surface area contributed by atoms with Crippen molar-refractivity contribution < 1.29 is 0 Å². The van der Waals surface area contributed by atoms with Crippen molar-refractivity contribution in [2.24, 2.45) is 7.05 Å². The van der Waals surface area contributed by atoms with Crippen LogP contribution in [0, 0.1) is 6.92 Å². The van der Waals surface area contributed by atoms with Crippen LogP contribution in [0.3, 0.4) is 0 Å². The number of nitrogens with zero attached hydrogens (tertiary/aromatic N) is 5. The molecule has 0 radical (unpaired) electrons. The summed E-state index contributed by atoms with van der Waals surface area (Å²) in [7, 11) is 1.89. The lowest BCUT2D eigenvalue weighted by atomic mass is 10.3. The Morgan fingerprint density at radius 3 is 3.00 bits per heavy atom. The molecule has 0 atom stereocenters. The predicted octanol–water partition coefficient (Wildman–Crippen LogP) is 0.108. The molecule has 2 aromatic heterocycles. The van der Waals surface area contributed by atoms with Crippen molar-refractivity contribution in [3.05, 3.63) is 23.9 Å². The van der Waals surface area contributed by atoms with Gasteiger partial charge in [0.25, 0.3) is 0 Å². The first-order chi connectivity index (χ1) is 7.66. The van der Waals surface area contributed by atoms with Gasteiger partial charge in [0.15, 0.2) is 5.82 Å². The number of aryl methyl sites for hydroxylation is 2. The summed E-state index contributed by atoms with van der Waals surface area (Å²) in [5, 5.41) is 10.9. The summed E-state index contributed by atoms with van der Waals surface area (Å²) in [5.74, 6) is 1.80. The zero-order chi connectivity index (χ0) is 11.5. The molecule has 84 valence electrons. The Labute approximate surface area is 92.7 Å². The molecule has 0 amide bonds. The first-order valence-corrected chi connectivity index (χ1v) is 4.82. The van der Waals surface area contributed by atoms with Gasteiger partial charge < -0.3 is 15.6 Å². The van der Waals surface area contributed by atoms with Gasteiger partial charge in [-0.25, -0.2) is 4.98 Å². The molecule has 3 N–H and O–H groups in total. The number of rotatable bonds is 3. The van der Waals surface area contributed by atoms with Gasteiger partial charge in [-0.05, 0) is 6.92 Å². The fourth-order valence-corrected chi connectivity index (χ4v) is 1.26. The van der Waals surface area contributed by atoms with Gasteiger partial charge in [0, 0.05) is 18.8 Å². The fourth-order valence-electron chi connectivity index (χ4n) is 1.26. The quantitative estimate of drug-likeness (QED) is 0.760. The summed E-state index contributed by atoms with van der Waals surface area (Å²) in [5.41, 5.74) is 6.45. The van der Waals surface area contributed by atoms with Gasteiger partial charge >= 0.3 is 0 Å². The van der Waals surface area contributed by atoms with Crippen molar-refractivity contribution in [1.29, 1.82) is 0 Å². The van der Waals surface area contributed by atoms with Crippen molar-refractivity contribution in [2.75, 3.05) is 11.1 Å². The van der Waals surface area contributed by atoms with Crippen LogP contribution >= 0.6 is 0 Å². The molecule has 0 aromatic carbocycles. The molecule has 0 aliphatic carbocycles. The van der Waals surface area contributed by atoms with E-state index in [-0.39, 0.29) is 5.95 Å². The Hall–Kier alpha value is -2.18. The first kappa shape index (κ1) is 10.3. The normalized spacial score (nSPS) is 10.4. The number of nitrogens with one attached hydrogen (secondary N) is 1. The van der Waals surface area contributed by atoms with Crippen LogP contribution in [0.4, 0.5) is 11.8 Å². The summed E-state index contributed by atoms with van der Waals surface area (Å²) in [6.45, 7) is 2.46. The molecule has 0 fully saturated rings. The van der Waals surface area contributed by atoms with Crippen LogP contribution < -0.4 is 11.1 Å². The Morgan fingerprint density at radius 1 is 1.50 bits per heavy atom. The summed E-state index contributed by atoms with van der Waals surface area (Å²) in [4.78, 5) is 8.00. The fraction of sp³-hybridized carbons (Fsp3) is 0.333. The second kappa shape index (κ2) is 4.13. The molecule has 16 heavy (non-hydrogen) atoms. The minimum absolute atomic E-state index is 0.256. The van der Waals surface area contributed by atoms with E-state index in [1.54, 1.807) is 12.5 Å². The third-order valence-corrected chi connectivity index (χ3v) is 2.21. The van der Waals surface area contributed by atoms with Gasteiger partial charge in [0.2, 0.25) is 5.95 Å². The minimum atomic E-state index is 0.256. The zero-order valence-electron chi connectivity index (χ0n) is 9.18. The largest absolute Gasteiger partial charge is 0.368 e. The van der Waals surface area contributed by atoms with Gasteiger partial charge in [-0.3, -0.25) is 0 Å². The van der Waals surface area contributed by atoms with E-state index in [0.717, 1.165) is 17.2 Å². The molecule has 0 unspecified atom stereocenters. The SMILES string of the molecule is Cc1cnc(N)nc1NCc1nncn1C. The minimum Gasteiger partial charge on any atom is -0.368 e. The number of nitrogens with two attached hydrogens (primary N) is 1. The first-order valence-electron chi connectivity index (χ1n) is 4.82. The lowest BCUT2D eigenvalue weighted by Crippen LogP contribution is -2.09. The molecule has 2 heterocycles. The predicted molar refractivity (Wildman–Crippen MR) is 59.5 cm³/mol. The van der Waals surface area contributed by atoms with Crippen LogP contribution in [0.2, 0.25) is 0 Å². The summed E-state index contributed by atoms with van der Waals surface area (Å²) in [6.07, 6.45) is 3.33. The summed E-state index contributed by atoms with van der Waals surface area (Å²) < 4.78 is 1.84. The van der Waals surface area contributed by atoms with E-state index in [2.05, 4.69) is 25.5 Å². The second-order valence-electron chi connectivity index (χ2n) is 3.47. The molecule has 2 rings (SSSR count). The maximum Gasteiger partial charge on any atom is 0.221 e. The van der Waals surface area contributed by atoms with Crippen LogP contribution in [0.1, 0.15) is 11.4 Å². The smallest absolute Gasteiger partial charge is 0.221 e. The van der Waals surface area contributed by atoms with Crippen LogP contribution in [-0.2, 0) is 13.6 Å². The highest BCUT2D eigenvalue weighted by molar-refractivity contribution is 5.44. The molecule has 0 saturated carbocycles. The number of hydrogen-bond donors (Lipinski definition) is 2. The van der Waals surface area contributed by atoms with Gasteiger partial charge in [-0.2, -0.15) is 4.98 Å². The van der Waals surface area contributed by atoms with Gasteiger partial charge in [-0.15, -0.1) is 10.2 Å². The maximum absolute atomic E-state index is 5.51. The van der Waals surface area contributed by atoms with Gasteiger partial charge in [-0.1, -0.05) is 0 Å². The Kier molecular flexibility index (Phi) is 2.67. The molecule has 0 spiro atoms. The lowest BCUT2D eigenvalue weighted by Gasteiger charge is -2.07. The van der Waals surface area contributed by atoms with Crippen LogP contribution in [0.15, 0.2) is 12.5 Å². The number of aromatic nitrogens is 5. The van der Waals surface area contributed by atoms with Gasteiger partial charge in [0.05, 0.1) is 6.54 Å². The van der Waals surface area contributed by atoms with E-state index in [1.807, 2.05) is 18.5 Å². The van der Waals surface area contributed by atoms with E-state index in [1.165, 1.54) is 0 Å². The molecular formula is C9H13N7. The average molecular weight is 219 g/mol. The van der Waals surface area contributed by atoms with Crippen LogP contribution in [0.5, 0.6) is 0 Å². The van der Waals surface area contributed by atoms with E-state index in [4.69, 9.17) is 5.73 Å². The number of nitrogen functional groups attached to an aromatic ring is 1. The number of hydrogen-bond acceptors (Lipinski definition) is 6. The monoisotopic (exact) mass is 219 g/mol. The van der Waals surface area contributed by atoms with Crippen LogP contribution in [-0.4, -0.2) is 24.7 Å². The van der Waals surface area contributed by atoms with E-state index in [0.29, 0.717) is 6.54 Å². The topological polar surface area (TPSA) is 94.5 Å². The van der Waals surface area contributed by atoms with Crippen molar-refractivity contribution in [2.45, 2.75) is 13.5 Å². The molecule has 0 aliphatic heterocycles. The third kappa shape index (κ3) is 2.08. The van der Waals surface area contributed by atoms with Crippen LogP contribution in [0.25, 0.3) is 0 Å². The summed E-state index contributed by atoms with van der Waals surface area (Å²) >= 11 is 0. The van der Waals surface area contributed by atoms with Crippen molar-refractivity contribution >= 4 is 11.8 Å². The van der Waals surface area contributed by atoms with Crippen molar-refractivity contribution in [3.8, 4) is 0 Å². The Morgan fingerprint density at radius 2 is 2.31 bits per heavy atom. The maximum atomic E-state index is 5.51. The Bertz CT molecular complexity index is 490. The summed E-state index contributed by atoms with van der Waals surface area (Å²) in [6, 6.07) is 0. The zero-order valence-corrected chi connectivity index (χ0v) is 9.18. The highest BCUT2D eigenvalue weighted by Gasteiger charge is 2.04. The molecule has 7 heteroatoms. The van der Waals surface area contributed by atoms with E-state index in [9.17, 15) is 0 Å². The van der Waals surface area contributed by atoms with Crippen molar-refractivity contribution in [1.82, 2.24) is 24.7 Å². The molecule has 0 saturated heterocycles. The molecule has 7 nitrogen and oxygen atoms in total. The van der Waals surface area contributed by atoms with Gasteiger partial charge in [0.1, 0.15) is 12.1 Å². The van der Waals surface area contributed by atoms with Crippen molar-refractivity contribution in [3.63, 3.8) is 0 Å². The third-order valence-electron chi connectivity index (χ3n) is 2.21. The Balaban J connectivity index is 2.10. The highest BCUT2D eigenvalue weighted by atomic mass is 15.3. The second-order valence-corrected chi connectivity index (χ2v) is 3.47. The standard InChI is InChI=1S/C9H13N7/c1-6-3-12-9(10)14-8(6)11-4-7-15-13-5-16(7)2/h3,5H,4H2,1-2H3,(H3,10,11,12,14). The molecular weight excluding hydrogens is 206 g/mol. The highest BCUT2D eigenvalue weighted by Crippen LogP contribution is 2.11. The molecule has 2 aromatic rings. The lowest BCUT2D eigenvalue weighted by molar-refractivity contribution is 0.809. The van der Waals surface area contributed by atoms with E-state index < -0.39 is 0 Å². The molecule has 0 bridgehead atoms. The number of anilines is 2. The van der Waals surface area contributed by atoms with E-state index >= 15 is 0 Å². The molecule has 0 aliphatic rings. The average Bonchev–Trinajstić information content (AvgIpc) is 2.66.